The van der Waals surface area contributed by atoms with E-state index in [2.05, 4.69) is 4.98 Å². The molecule has 0 radical (unpaired) electrons. The van der Waals surface area contributed by atoms with Crippen LogP contribution in [0.25, 0.3) is 0 Å². The molecule has 2 rings (SSSR count). The number of rotatable bonds is 12. The summed E-state index contributed by atoms with van der Waals surface area (Å²) in [4.78, 5) is 28.5. The van der Waals surface area contributed by atoms with Crippen LogP contribution in [0.1, 0.15) is 43.6 Å². The zero-order valence-corrected chi connectivity index (χ0v) is 18.2. The fourth-order valence-electron chi connectivity index (χ4n) is 2.85. The SMILES string of the molecule is CC(C)(CCCCF)[C@H](O)C=C[C@H]1COC(=O)N1CCSc1nc(C(=O)O)cs1. The van der Waals surface area contributed by atoms with Gasteiger partial charge in [-0.15, -0.1) is 11.3 Å². The molecule has 1 fully saturated rings. The molecule has 1 amide bonds. The minimum Gasteiger partial charge on any atom is -0.476 e. The van der Waals surface area contributed by atoms with E-state index in [1.807, 2.05) is 13.8 Å². The lowest BCUT2D eigenvalue weighted by Crippen LogP contribution is -2.35. The van der Waals surface area contributed by atoms with Gasteiger partial charge >= 0.3 is 12.1 Å². The number of carboxylic acids is 1. The van der Waals surface area contributed by atoms with Gasteiger partial charge in [0.2, 0.25) is 0 Å². The number of carbonyl (C=O) groups is 2. The minimum atomic E-state index is -1.06. The van der Waals surface area contributed by atoms with Gasteiger partial charge in [0.1, 0.15) is 6.61 Å². The van der Waals surface area contributed by atoms with Gasteiger partial charge in [0.25, 0.3) is 0 Å². The van der Waals surface area contributed by atoms with Gasteiger partial charge in [-0.05, 0) is 18.3 Å². The number of unbranched alkanes of at least 4 members (excludes halogenated alkanes) is 1. The van der Waals surface area contributed by atoms with Crippen molar-refractivity contribution in [1.82, 2.24) is 9.88 Å². The highest BCUT2D eigenvalue weighted by Gasteiger charge is 2.32. The van der Waals surface area contributed by atoms with E-state index < -0.39 is 18.2 Å². The number of amides is 1. The number of aromatic carboxylic acids is 1. The first-order valence-electron chi connectivity index (χ1n) is 9.42. The van der Waals surface area contributed by atoms with Crippen LogP contribution in [0, 0.1) is 5.41 Å². The van der Waals surface area contributed by atoms with Crippen LogP contribution in [-0.2, 0) is 4.74 Å². The average Bonchev–Trinajstić information content (AvgIpc) is 3.27. The van der Waals surface area contributed by atoms with E-state index in [4.69, 9.17) is 9.84 Å². The summed E-state index contributed by atoms with van der Waals surface area (Å²) in [6.07, 6.45) is 4.24. The molecule has 0 unspecified atom stereocenters. The van der Waals surface area contributed by atoms with Gasteiger partial charge in [-0.3, -0.25) is 9.29 Å². The molecule has 10 heteroatoms. The van der Waals surface area contributed by atoms with Crippen molar-refractivity contribution in [2.75, 3.05) is 25.6 Å². The summed E-state index contributed by atoms with van der Waals surface area (Å²) >= 11 is 2.63. The molecule has 0 spiro atoms. The van der Waals surface area contributed by atoms with E-state index in [-0.39, 0.29) is 30.4 Å². The molecular weight excluding hydrogens is 419 g/mol. The molecule has 0 saturated carbocycles. The number of thioether (sulfide) groups is 1. The van der Waals surface area contributed by atoms with Gasteiger partial charge < -0.3 is 14.9 Å². The lowest BCUT2D eigenvalue weighted by Gasteiger charge is -2.29. The van der Waals surface area contributed by atoms with Crippen LogP contribution in [0.5, 0.6) is 0 Å². The average molecular weight is 447 g/mol. The maximum absolute atomic E-state index is 12.3. The van der Waals surface area contributed by atoms with Crippen LogP contribution < -0.4 is 0 Å². The largest absolute Gasteiger partial charge is 0.476 e. The summed E-state index contributed by atoms with van der Waals surface area (Å²) in [5, 5.41) is 20.9. The highest BCUT2D eigenvalue weighted by molar-refractivity contribution is 8.01. The van der Waals surface area contributed by atoms with Crippen molar-refractivity contribution in [3.05, 3.63) is 23.2 Å². The fourth-order valence-corrected chi connectivity index (χ4v) is 4.66. The number of aliphatic hydroxyl groups excluding tert-OH is 1. The summed E-state index contributed by atoms with van der Waals surface area (Å²) in [7, 11) is 0. The van der Waals surface area contributed by atoms with Crippen LogP contribution in [0.15, 0.2) is 21.9 Å². The molecule has 1 aromatic heterocycles. The number of ether oxygens (including phenoxy) is 1. The number of aromatic nitrogens is 1. The van der Waals surface area contributed by atoms with Crippen molar-refractivity contribution in [3.8, 4) is 0 Å². The Bertz CT molecular complexity index is 725. The number of hydrogen-bond acceptors (Lipinski definition) is 7. The maximum Gasteiger partial charge on any atom is 0.410 e. The van der Waals surface area contributed by atoms with Crippen molar-refractivity contribution in [3.63, 3.8) is 0 Å². The van der Waals surface area contributed by atoms with E-state index in [0.717, 1.165) is 0 Å². The van der Waals surface area contributed by atoms with Gasteiger partial charge in [0.05, 0.1) is 18.8 Å². The Labute approximate surface area is 178 Å². The van der Waals surface area contributed by atoms with Crippen LogP contribution in [0.3, 0.4) is 0 Å². The Morgan fingerprint density at radius 3 is 2.97 bits per heavy atom. The molecule has 1 aliphatic rings. The Hall–Kier alpha value is -1.65. The summed E-state index contributed by atoms with van der Waals surface area (Å²) in [6.45, 7) is 4.15. The van der Waals surface area contributed by atoms with Crippen molar-refractivity contribution < 1.29 is 28.9 Å². The number of carbonyl (C=O) groups excluding carboxylic acids is 1. The first-order valence-corrected chi connectivity index (χ1v) is 11.3. The van der Waals surface area contributed by atoms with Crippen LogP contribution >= 0.6 is 23.1 Å². The molecule has 29 heavy (non-hydrogen) atoms. The third-order valence-corrected chi connectivity index (χ3v) is 6.79. The van der Waals surface area contributed by atoms with Crippen LogP contribution in [0.4, 0.5) is 9.18 Å². The van der Waals surface area contributed by atoms with Gasteiger partial charge in [0, 0.05) is 17.7 Å². The normalized spacial score (nSPS) is 18.4. The zero-order valence-electron chi connectivity index (χ0n) is 16.5. The van der Waals surface area contributed by atoms with E-state index in [1.165, 1.54) is 28.5 Å². The number of thiazole rings is 1. The third kappa shape index (κ3) is 6.97. The summed E-state index contributed by atoms with van der Waals surface area (Å²) in [5.74, 6) is -0.517. The Balaban J connectivity index is 1.86. The number of aliphatic hydroxyl groups is 1. The van der Waals surface area contributed by atoms with Gasteiger partial charge in [-0.1, -0.05) is 44.2 Å². The lowest BCUT2D eigenvalue weighted by atomic mass is 9.81. The van der Waals surface area contributed by atoms with Crippen molar-refractivity contribution in [2.45, 2.75) is 49.6 Å². The van der Waals surface area contributed by atoms with Crippen LogP contribution in [-0.4, -0.2) is 69.9 Å². The predicted molar refractivity (Wildman–Crippen MR) is 110 cm³/mol. The first kappa shape index (κ1) is 23.6. The second kappa shape index (κ2) is 10.9. The Kier molecular flexibility index (Phi) is 8.91. The minimum absolute atomic E-state index is 0.0157. The number of nitrogens with zero attached hydrogens (tertiary/aromatic N) is 2. The van der Waals surface area contributed by atoms with Crippen LogP contribution in [0.2, 0.25) is 0 Å². The number of halogens is 1. The zero-order chi connectivity index (χ0) is 21.4. The molecule has 2 N–H and O–H groups in total. The van der Waals surface area contributed by atoms with Gasteiger partial charge in [-0.2, -0.15) is 0 Å². The molecule has 1 saturated heterocycles. The lowest BCUT2D eigenvalue weighted by molar-refractivity contribution is 0.0690. The van der Waals surface area contributed by atoms with Crippen molar-refractivity contribution in [1.29, 1.82) is 0 Å². The van der Waals surface area contributed by atoms with E-state index >= 15 is 0 Å². The topological polar surface area (TPSA) is 100.0 Å². The van der Waals surface area contributed by atoms with Gasteiger partial charge in [0.15, 0.2) is 10.0 Å². The summed E-state index contributed by atoms with van der Waals surface area (Å²) in [5.41, 5.74) is -0.371. The number of cyclic esters (lactones) is 1. The van der Waals surface area contributed by atoms with Crippen molar-refractivity contribution >= 4 is 35.2 Å². The molecule has 0 aromatic carbocycles. The quantitative estimate of drug-likeness (QED) is 0.286. The Morgan fingerprint density at radius 1 is 1.55 bits per heavy atom. The molecule has 1 aromatic rings. The number of hydrogen-bond donors (Lipinski definition) is 2. The molecule has 2 atom stereocenters. The van der Waals surface area contributed by atoms with E-state index in [1.54, 1.807) is 17.1 Å². The van der Waals surface area contributed by atoms with Gasteiger partial charge in [-0.25, -0.2) is 14.6 Å². The standard InChI is InChI=1S/C19H27FN2O5S2/c1-19(2,7-3-4-8-20)15(23)6-5-13-11-27-18(26)22(13)9-10-28-17-21-14(12-29-17)16(24)25/h5-6,12-13,15,23H,3-4,7-11H2,1-2H3,(H,24,25)/t13-,15+/m0/s1. The summed E-state index contributed by atoms with van der Waals surface area (Å²) in [6, 6.07) is -0.273. The maximum atomic E-state index is 12.3. The third-order valence-electron chi connectivity index (χ3n) is 4.79. The molecule has 162 valence electrons. The predicted octanol–water partition coefficient (Wildman–Crippen LogP) is 3.84. The smallest absolute Gasteiger partial charge is 0.410 e. The molecule has 0 aliphatic carbocycles. The monoisotopic (exact) mass is 446 g/mol. The first-order chi connectivity index (χ1) is 13.7. The fraction of sp³-hybridized carbons (Fsp3) is 0.632. The summed E-state index contributed by atoms with van der Waals surface area (Å²) < 4.78 is 18.0. The Morgan fingerprint density at radius 2 is 2.31 bits per heavy atom. The molecule has 2 heterocycles. The highest BCUT2D eigenvalue weighted by Crippen LogP contribution is 2.29. The second-order valence-corrected chi connectivity index (χ2v) is 9.65. The number of alkyl halides is 1. The molecule has 7 nitrogen and oxygen atoms in total. The molecule has 0 bridgehead atoms. The highest BCUT2D eigenvalue weighted by atomic mass is 32.2. The number of carboxylic acid groups (broad SMARTS) is 1. The molecule has 1 aliphatic heterocycles. The van der Waals surface area contributed by atoms with Crippen molar-refractivity contribution in [2.24, 2.45) is 5.41 Å². The van der Waals surface area contributed by atoms with E-state index in [0.29, 0.717) is 35.9 Å². The molecular formula is C19H27FN2O5S2. The second-order valence-electron chi connectivity index (χ2n) is 7.45. The van der Waals surface area contributed by atoms with E-state index in [9.17, 15) is 19.1 Å².